The van der Waals surface area contributed by atoms with Crippen LogP contribution in [0.3, 0.4) is 0 Å². The molecule has 1 unspecified atom stereocenters. The van der Waals surface area contributed by atoms with E-state index in [1.54, 1.807) is 19.0 Å². The molecule has 0 aromatic rings. The van der Waals surface area contributed by atoms with Crippen LogP contribution in [0, 0.1) is 0 Å². The highest BCUT2D eigenvalue weighted by Crippen LogP contribution is 2.15. The fraction of sp³-hybridized carbons (Fsp3) is 0.905. The highest BCUT2D eigenvalue weighted by molar-refractivity contribution is 14.0. The van der Waals surface area contributed by atoms with Gasteiger partial charge in [0.25, 0.3) is 0 Å². The summed E-state index contributed by atoms with van der Waals surface area (Å²) < 4.78 is 0. The van der Waals surface area contributed by atoms with E-state index in [0.717, 1.165) is 45.0 Å². The third-order valence-corrected chi connectivity index (χ3v) is 6.04. The number of piperidine rings is 1. The lowest BCUT2D eigenvalue weighted by molar-refractivity contribution is -0.127. The summed E-state index contributed by atoms with van der Waals surface area (Å²) in [4.78, 5) is 23.3. The first-order valence-corrected chi connectivity index (χ1v) is 11.2. The molecule has 0 spiro atoms. The van der Waals surface area contributed by atoms with Crippen molar-refractivity contribution in [1.82, 2.24) is 25.3 Å². The summed E-state index contributed by atoms with van der Waals surface area (Å²) in [5.74, 6) is 0.830. The molecular weight excluding hydrogens is 479 g/mol. The number of amides is 1. The molecule has 2 N–H and O–H groups in total. The Balaban J connectivity index is 0.00000420. The third kappa shape index (κ3) is 9.38. The molecule has 2 heterocycles. The van der Waals surface area contributed by atoms with Crippen LogP contribution in [0.5, 0.6) is 0 Å². The Morgan fingerprint density at radius 2 is 1.86 bits per heavy atom. The summed E-state index contributed by atoms with van der Waals surface area (Å²) in [5, 5.41) is 7.13. The zero-order chi connectivity index (χ0) is 20.4. The van der Waals surface area contributed by atoms with Gasteiger partial charge in [-0.3, -0.25) is 9.69 Å². The van der Waals surface area contributed by atoms with Crippen LogP contribution in [0.15, 0.2) is 4.99 Å². The lowest BCUT2D eigenvalue weighted by Crippen LogP contribution is -2.51. The van der Waals surface area contributed by atoms with Crippen molar-refractivity contribution in [3.05, 3.63) is 0 Å². The van der Waals surface area contributed by atoms with Crippen molar-refractivity contribution >= 4 is 35.8 Å². The van der Waals surface area contributed by atoms with Gasteiger partial charge >= 0.3 is 0 Å². The number of hydrogen-bond donors (Lipinski definition) is 2. The van der Waals surface area contributed by atoms with Gasteiger partial charge < -0.3 is 20.4 Å². The smallest absolute Gasteiger partial charge is 0.243 e. The summed E-state index contributed by atoms with van der Waals surface area (Å²) in [6.45, 7) is 11.4. The topological polar surface area (TPSA) is 63.2 Å². The monoisotopic (exact) mass is 522 g/mol. The van der Waals surface area contributed by atoms with Crippen LogP contribution in [0.1, 0.15) is 52.4 Å². The number of likely N-dealkylation sites (N-methyl/N-ethyl adjacent to an activating group) is 2. The Labute approximate surface area is 195 Å². The summed E-state index contributed by atoms with van der Waals surface area (Å²) >= 11 is 0. The van der Waals surface area contributed by atoms with Gasteiger partial charge in [0.15, 0.2) is 5.96 Å². The zero-order valence-electron chi connectivity index (χ0n) is 19.0. The molecule has 2 saturated heterocycles. The maximum absolute atomic E-state index is 12.0. The number of likely N-dealkylation sites (tertiary alicyclic amines) is 2. The molecule has 29 heavy (non-hydrogen) atoms. The Bertz CT molecular complexity index is 494. The van der Waals surface area contributed by atoms with E-state index in [0.29, 0.717) is 12.1 Å². The Morgan fingerprint density at radius 3 is 2.48 bits per heavy atom. The van der Waals surface area contributed by atoms with Gasteiger partial charge in [-0.2, -0.15) is 0 Å². The molecule has 2 fully saturated rings. The predicted molar refractivity (Wildman–Crippen MR) is 132 cm³/mol. The van der Waals surface area contributed by atoms with E-state index < -0.39 is 0 Å². The maximum atomic E-state index is 12.0. The van der Waals surface area contributed by atoms with Crippen LogP contribution in [-0.2, 0) is 4.79 Å². The number of carbonyl (C=O) groups is 1. The molecule has 0 bridgehead atoms. The average molecular weight is 523 g/mol. The Kier molecular flexibility index (Phi) is 13.1. The van der Waals surface area contributed by atoms with Gasteiger partial charge in [-0.25, -0.2) is 4.99 Å². The fourth-order valence-electron chi connectivity index (χ4n) is 4.07. The molecule has 1 atom stereocenters. The largest absolute Gasteiger partial charge is 0.355 e. The van der Waals surface area contributed by atoms with E-state index in [1.165, 1.54) is 38.8 Å². The molecule has 0 aromatic carbocycles. The number of halogens is 1. The van der Waals surface area contributed by atoms with Gasteiger partial charge in [0, 0.05) is 45.8 Å². The number of guanidine groups is 1. The van der Waals surface area contributed by atoms with Crippen LogP contribution >= 0.6 is 24.0 Å². The molecule has 170 valence electrons. The standard InChI is InChI=1S/C21H42N6O.HI/c1-5-7-12-26-14-10-18(11-15-26)24-21(23-17-20(28)25(3)4)22-16-19-9-8-13-27(19)6-2;/h18-19H,5-17H2,1-4H3,(H2,22,23,24);1H. The Hall–Kier alpha value is -0.610. The number of aliphatic imine (C=N–C) groups is 1. The molecule has 0 aliphatic carbocycles. The molecule has 2 aliphatic heterocycles. The molecule has 0 aromatic heterocycles. The van der Waals surface area contributed by atoms with Gasteiger partial charge in [0.1, 0.15) is 6.54 Å². The van der Waals surface area contributed by atoms with Gasteiger partial charge in [0.2, 0.25) is 5.91 Å². The molecular formula is C21H43IN6O. The van der Waals surface area contributed by atoms with Gasteiger partial charge in [-0.1, -0.05) is 20.3 Å². The molecule has 2 rings (SSSR count). The van der Waals surface area contributed by atoms with Crippen LogP contribution < -0.4 is 10.6 Å². The molecule has 7 nitrogen and oxygen atoms in total. The number of nitrogens with zero attached hydrogens (tertiary/aromatic N) is 4. The molecule has 8 heteroatoms. The second-order valence-electron chi connectivity index (χ2n) is 8.37. The van der Waals surface area contributed by atoms with Crippen LogP contribution in [0.2, 0.25) is 0 Å². The summed E-state index contributed by atoms with van der Waals surface area (Å²) in [7, 11) is 3.56. The number of rotatable bonds is 9. The highest BCUT2D eigenvalue weighted by atomic mass is 127. The molecule has 0 saturated carbocycles. The number of unbranched alkanes of at least 4 members (excludes halogenated alkanes) is 1. The van der Waals surface area contributed by atoms with E-state index in [-0.39, 0.29) is 36.4 Å². The van der Waals surface area contributed by atoms with E-state index in [9.17, 15) is 4.79 Å². The average Bonchev–Trinajstić information content (AvgIpc) is 3.16. The van der Waals surface area contributed by atoms with Crippen molar-refractivity contribution in [3.8, 4) is 0 Å². The van der Waals surface area contributed by atoms with E-state index in [2.05, 4.69) is 39.3 Å². The minimum absolute atomic E-state index is 0. The quantitative estimate of drug-likeness (QED) is 0.276. The molecule has 2 aliphatic rings. The van der Waals surface area contributed by atoms with Gasteiger partial charge in [-0.05, 0) is 51.7 Å². The highest BCUT2D eigenvalue weighted by Gasteiger charge is 2.24. The second-order valence-corrected chi connectivity index (χ2v) is 8.37. The minimum Gasteiger partial charge on any atom is -0.355 e. The molecule has 1 amide bonds. The summed E-state index contributed by atoms with van der Waals surface area (Å²) in [5.41, 5.74) is 0. The minimum atomic E-state index is 0. The van der Waals surface area contributed by atoms with Gasteiger partial charge in [0.05, 0.1) is 0 Å². The van der Waals surface area contributed by atoms with Crippen molar-refractivity contribution in [3.63, 3.8) is 0 Å². The number of nitrogens with one attached hydrogen (secondary N) is 2. The van der Waals surface area contributed by atoms with E-state index in [4.69, 9.17) is 0 Å². The van der Waals surface area contributed by atoms with Crippen LogP contribution in [0.4, 0.5) is 0 Å². The van der Waals surface area contributed by atoms with Crippen molar-refractivity contribution in [2.45, 2.75) is 64.5 Å². The van der Waals surface area contributed by atoms with E-state index in [1.807, 2.05) is 0 Å². The lowest BCUT2D eigenvalue weighted by atomic mass is 10.0. The Morgan fingerprint density at radius 1 is 1.14 bits per heavy atom. The third-order valence-electron chi connectivity index (χ3n) is 6.04. The van der Waals surface area contributed by atoms with Crippen LogP contribution in [0.25, 0.3) is 0 Å². The normalized spacial score (nSPS) is 21.7. The first-order valence-electron chi connectivity index (χ1n) is 11.2. The zero-order valence-corrected chi connectivity index (χ0v) is 21.3. The number of carbonyl (C=O) groups excluding carboxylic acids is 1. The number of hydrogen-bond acceptors (Lipinski definition) is 4. The van der Waals surface area contributed by atoms with Crippen LogP contribution in [-0.4, -0.2) is 98.6 Å². The first kappa shape index (κ1) is 26.4. The van der Waals surface area contributed by atoms with Crippen molar-refractivity contribution in [2.75, 3.05) is 59.9 Å². The van der Waals surface area contributed by atoms with E-state index >= 15 is 0 Å². The SMILES string of the molecule is CCCCN1CCC(NC(=NCC(=O)N(C)C)NCC2CCCN2CC)CC1.I. The van der Waals surface area contributed by atoms with Crippen molar-refractivity contribution in [1.29, 1.82) is 0 Å². The molecule has 0 radical (unpaired) electrons. The first-order chi connectivity index (χ1) is 13.5. The predicted octanol–water partition coefficient (Wildman–Crippen LogP) is 1.98. The maximum Gasteiger partial charge on any atom is 0.243 e. The summed E-state index contributed by atoms with van der Waals surface area (Å²) in [6, 6.07) is 1.00. The van der Waals surface area contributed by atoms with Crippen molar-refractivity contribution in [2.24, 2.45) is 4.99 Å². The summed E-state index contributed by atoms with van der Waals surface area (Å²) in [6.07, 6.45) is 7.33. The fourth-order valence-corrected chi connectivity index (χ4v) is 4.07. The van der Waals surface area contributed by atoms with Crippen molar-refractivity contribution < 1.29 is 4.79 Å². The lowest BCUT2D eigenvalue weighted by Gasteiger charge is -2.33. The second kappa shape index (κ2) is 14.4. The van der Waals surface area contributed by atoms with Gasteiger partial charge in [-0.15, -0.1) is 24.0 Å².